The Labute approximate surface area is 112 Å². The Balaban J connectivity index is 2.14. The number of rotatable bonds is 4. The lowest BCUT2D eigenvalue weighted by Gasteiger charge is -2.09. The zero-order chi connectivity index (χ0) is 14.7. The van der Waals surface area contributed by atoms with Gasteiger partial charge in [0.25, 0.3) is 5.91 Å². The zero-order valence-corrected chi connectivity index (χ0v) is 10.3. The molecular formula is C12H10F3N3O2. The Kier molecular flexibility index (Phi) is 3.92. The van der Waals surface area contributed by atoms with Gasteiger partial charge in [-0.1, -0.05) is 0 Å². The molecule has 8 heteroatoms. The normalized spacial score (nSPS) is 10.7. The maximum Gasteiger partial charge on any atom is 0.387 e. The van der Waals surface area contributed by atoms with E-state index in [2.05, 4.69) is 15.2 Å². The Morgan fingerprint density at radius 3 is 2.70 bits per heavy atom. The minimum absolute atomic E-state index is 0.141. The lowest BCUT2D eigenvalue weighted by molar-refractivity contribution is -0.0499. The molecule has 0 spiro atoms. The fourth-order valence-electron chi connectivity index (χ4n) is 1.56. The minimum Gasteiger partial charge on any atom is -0.435 e. The molecule has 0 aliphatic rings. The first-order chi connectivity index (χ1) is 9.47. The summed E-state index contributed by atoms with van der Waals surface area (Å²) in [6.45, 7) is -3.04. The number of anilines is 1. The summed E-state index contributed by atoms with van der Waals surface area (Å²) in [6, 6.07) is 4.50. The van der Waals surface area contributed by atoms with Gasteiger partial charge in [-0.2, -0.15) is 13.9 Å². The van der Waals surface area contributed by atoms with Crippen molar-refractivity contribution in [2.24, 2.45) is 7.05 Å². The van der Waals surface area contributed by atoms with Gasteiger partial charge >= 0.3 is 6.61 Å². The average Bonchev–Trinajstić information content (AvgIpc) is 2.78. The van der Waals surface area contributed by atoms with Crippen molar-refractivity contribution in [2.45, 2.75) is 6.61 Å². The van der Waals surface area contributed by atoms with Crippen LogP contribution in [0, 0.1) is 5.82 Å². The van der Waals surface area contributed by atoms with Crippen molar-refractivity contribution in [3.63, 3.8) is 0 Å². The number of amides is 1. The van der Waals surface area contributed by atoms with Crippen molar-refractivity contribution in [3.05, 3.63) is 42.0 Å². The Hall–Kier alpha value is -2.51. The van der Waals surface area contributed by atoms with Crippen LogP contribution in [0.3, 0.4) is 0 Å². The van der Waals surface area contributed by atoms with Crippen molar-refractivity contribution in [3.8, 4) is 5.75 Å². The molecule has 0 radical (unpaired) electrons. The van der Waals surface area contributed by atoms with Gasteiger partial charge in [0.05, 0.1) is 5.69 Å². The fraction of sp³-hybridized carbons (Fsp3) is 0.167. The summed E-state index contributed by atoms with van der Waals surface area (Å²) in [5.74, 6) is -1.76. The topological polar surface area (TPSA) is 56.2 Å². The predicted octanol–water partition coefficient (Wildman–Crippen LogP) is 2.41. The summed E-state index contributed by atoms with van der Waals surface area (Å²) in [5, 5.41) is 6.12. The molecule has 0 bridgehead atoms. The number of aryl methyl sites for hydroxylation is 1. The maximum atomic E-state index is 13.6. The van der Waals surface area contributed by atoms with E-state index in [4.69, 9.17) is 0 Å². The Morgan fingerprint density at radius 1 is 1.40 bits per heavy atom. The minimum atomic E-state index is -3.04. The highest BCUT2D eigenvalue weighted by Crippen LogP contribution is 2.22. The van der Waals surface area contributed by atoms with Gasteiger partial charge in [0.15, 0.2) is 0 Å². The fourth-order valence-corrected chi connectivity index (χ4v) is 1.56. The molecule has 1 aromatic heterocycles. The van der Waals surface area contributed by atoms with Crippen LogP contribution in [0.25, 0.3) is 0 Å². The van der Waals surface area contributed by atoms with Crippen LogP contribution >= 0.6 is 0 Å². The van der Waals surface area contributed by atoms with Crippen LogP contribution in [-0.4, -0.2) is 22.3 Å². The maximum absolute atomic E-state index is 13.6. The first kappa shape index (κ1) is 13.9. The lowest BCUT2D eigenvalue weighted by Crippen LogP contribution is -2.17. The second-order valence-corrected chi connectivity index (χ2v) is 3.81. The molecule has 1 N–H and O–H groups in total. The molecule has 20 heavy (non-hydrogen) atoms. The highest BCUT2D eigenvalue weighted by molar-refractivity contribution is 6.03. The van der Waals surface area contributed by atoms with Gasteiger partial charge in [-0.05, 0) is 18.2 Å². The van der Waals surface area contributed by atoms with E-state index in [1.165, 1.54) is 16.9 Å². The van der Waals surface area contributed by atoms with Gasteiger partial charge < -0.3 is 10.1 Å². The molecule has 0 saturated carbocycles. The second kappa shape index (κ2) is 5.64. The Morgan fingerprint density at radius 2 is 2.15 bits per heavy atom. The van der Waals surface area contributed by atoms with Crippen molar-refractivity contribution in [2.75, 3.05) is 5.32 Å². The number of carbonyl (C=O) groups is 1. The van der Waals surface area contributed by atoms with Crippen LogP contribution in [0.4, 0.5) is 18.9 Å². The van der Waals surface area contributed by atoms with Gasteiger partial charge in [-0.15, -0.1) is 0 Å². The van der Waals surface area contributed by atoms with E-state index >= 15 is 0 Å². The highest BCUT2D eigenvalue weighted by atomic mass is 19.3. The number of alkyl halides is 2. The monoisotopic (exact) mass is 285 g/mol. The summed E-state index contributed by atoms with van der Waals surface area (Å²) < 4.78 is 42.9. The van der Waals surface area contributed by atoms with Crippen LogP contribution in [0.1, 0.15) is 10.5 Å². The van der Waals surface area contributed by atoms with E-state index in [0.717, 1.165) is 18.2 Å². The molecule has 1 aromatic carbocycles. The quantitative estimate of drug-likeness (QED) is 0.938. The standard InChI is InChI=1S/C12H10F3N3O2/c1-18-10(4-5-16-18)11(19)17-9-3-2-7(6-8(9)13)20-12(14)15/h2-6,12H,1H3,(H,17,19). The molecule has 2 aromatic rings. The largest absolute Gasteiger partial charge is 0.435 e. The van der Waals surface area contributed by atoms with Gasteiger partial charge in [0.2, 0.25) is 0 Å². The summed E-state index contributed by atoms with van der Waals surface area (Å²) in [7, 11) is 1.56. The van der Waals surface area contributed by atoms with Crippen molar-refractivity contribution >= 4 is 11.6 Å². The molecule has 0 atom stereocenters. The van der Waals surface area contributed by atoms with E-state index in [1.807, 2.05) is 0 Å². The van der Waals surface area contributed by atoms with Gasteiger partial charge in [-0.3, -0.25) is 9.48 Å². The summed E-state index contributed by atoms with van der Waals surface area (Å²) >= 11 is 0. The number of halogens is 3. The lowest BCUT2D eigenvalue weighted by atomic mass is 10.2. The van der Waals surface area contributed by atoms with E-state index < -0.39 is 18.3 Å². The molecule has 0 aliphatic heterocycles. The molecule has 1 heterocycles. The van der Waals surface area contributed by atoms with E-state index in [1.54, 1.807) is 7.05 Å². The molecule has 0 unspecified atom stereocenters. The van der Waals surface area contributed by atoms with Crippen LogP contribution in [0.5, 0.6) is 5.75 Å². The summed E-state index contributed by atoms with van der Waals surface area (Å²) in [4.78, 5) is 11.8. The summed E-state index contributed by atoms with van der Waals surface area (Å²) in [6.07, 6.45) is 1.42. The van der Waals surface area contributed by atoms with E-state index in [-0.39, 0.29) is 17.1 Å². The highest BCUT2D eigenvalue weighted by Gasteiger charge is 2.14. The third-order valence-electron chi connectivity index (χ3n) is 2.47. The molecule has 2 rings (SSSR count). The van der Waals surface area contributed by atoms with Crippen molar-refractivity contribution in [1.29, 1.82) is 0 Å². The van der Waals surface area contributed by atoms with Crippen LogP contribution in [-0.2, 0) is 7.05 Å². The average molecular weight is 285 g/mol. The molecule has 0 fully saturated rings. The number of ether oxygens (including phenoxy) is 1. The number of benzene rings is 1. The molecule has 1 amide bonds. The van der Waals surface area contributed by atoms with Crippen LogP contribution in [0.15, 0.2) is 30.5 Å². The van der Waals surface area contributed by atoms with Gasteiger partial charge in [-0.25, -0.2) is 4.39 Å². The number of carbonyl (C=O) groups excluding carboxylic acids is 1. The van der Waals surface area contributed by atoms with Crippen molar-refractivity contribution < 1.29 is 22.7 Å². The molecule has 0 aliphatic carbocycles. The third-order valence-corrected chi connectivity index (χ3v) is 2.47. The number of aromatic nitrogens is 2. The van der Waals surface area contributed by atoms with Gasteiger partial charge in [0.1, 0.15) is 17.3 Å². The number of hydrogen-bond acceptors (Lipinski definition) is 3. The SMILES string of the molecule is Cn1nccc1C(=O)Nc1ccc(OC(F)F)cc1F. The van der Waals surface area contributed by atoms with Gasteiger partial charge in [0, 0.05) is 19.3 Å². The van der Waals surface area contributed by atoms with Crippen LogP contribution < -0.4 is 10.1 Å². The smallest absolute Gasteiger partial charge is 0.387 e. The number of nitrogens with zero attached hydrogens (tertiary/aromatic N) is 2. The van der Waals surface area contributed by atoms with E-state index in [0.29, 0.717) is 0 Å². The number of nitrogens with one attached hydrogen (secondary N) is 1. The second-order valence-electron chi connectivity index (χ2n) is 3.81. The third kappa shape index (κ3) is 3.08. The molecule has 106 valence electrons. The Bertz CT molecular complexity index is 628. The molecule has 0 saturated heterocycles. The molecular weight excluding hydrogens is 275 g/mol. The van der Waals surface area contributed by atoms with E-state index in [9.17, 15) is 18.0 Å². The first-order valence-electron chi connectivity index (χ1n) is 5.51. The van der Waals surface area contributed by atoms with Crippen molar-refractivity contribution in [1.82, 2.24) is 9.78 Å². The predicted molar refractivity (Wildman–Crippen MR) is 64.2 cm³/mol. The first-order valence-corrected chi connectivity index (χ1v) is 5.51. The number of hydrogen-bond donors (Lipinski definition) is 1. The summed E-state index contributed by atoms with van der Waals surface area (Å²) in [5.41, 5.74) is 0.0927. The molecule has 5 nitrogen and oxygen atoms in total. The zero-order valence-electron chi connectivity index (χ0n) is 10.3. The van der Waals surface area contributed by atoms with Crippen LogP contribution in [0.2, 0.25) is 0 Å².